The molecule has 12 heteroatoms. The lowest BCUT2D eigenvalue weighted by Crippen LogP contribution is -2.45. The number of nitrogens with one attached hydrogen (secondary N) is 2. The summed E-state index contributed by atoms with van der Waals surface area (Å²) in [5.41, 5.74) is -2.00. The van der Waals surface area contributed by atoms with Crippen LogP contribution in [0.25, 0.3) is 0 Å². The summed E-state index contributed by atoms with van der Waals surface area (Å²) in [7, 11) is 1.34. The minimum atomic E-state index is -1.79. The zero-order valence-electron chi connectivity index (χ0n) is 25.1. The summed E-state index contributed by atoms with van der Waals surface area (Å²) in [4.78, 5) is 26.5. The first kappa shape index (κ1) is 34.1. The van der Waals surface area contributed by atoms with Crippen LogP contribution >= 0.6 is 23.2 Å². The fourth-order valence-electron chi connectivity index (χ4n) is 5.91. The Morgan fingerprint density at radius 2 is 1.87 bits per heavy atom. The van der Waals surface area contributed by atoms with Crippen LogP contribution in [0.2, 0.25) is 10.0 Å². The molecule has 0 aliphatic carbocycles. The fraction of sp³-hybridized carbons (Fsp3) is 0.364. The number of hydrogen-bond acceptors (Lipinski definition) is 7. The van der Waals surface area contributed by atoms with E-state index in [0.717, 1.165) is 6.07 Å². The number of aliphatic hydroxyl groups excluding tert-OH is 1. The SMILES string of the molecule is COc1cc(C(=O)OCCO)ccc1NC(=O)[C@@H]1N[C@@H](CC(C)(C)C)[C@](C#N)(c2ccc(Cl)cc2F)[C@H]1c1cccc(Cl)c1F. The number of amides is 1. The van der Waals surface area contributed by atoms with Gasteiger partial charge in [-0.1, -0.05) is 62.2 Å². The molecular weight excluding hydrogens is 627 g/mol. The first-order chi connectivity index (χ1) is 21.3. The number of nitriles is 1. The van der Waals surface area contributed by atoms with Crippen molar-refractivity contribution in [2.45, 2.75) is 50.6 Å². The van der Waals surface area contributed by atoms with Crippen LogP contribution in [-0.4, -0.2) is 49.4 Å². The zero-order chi connectivity index (χ0) is 33.1. The van der Waals surface area contributed by atoms with Crippen molar-refractivity contribution in [3.05, 3.63) is 93.0 Å². The van der Waals surface area contributed by atoms with E-state index < -0.39 is 52.3 Å². The lowest BCUT2D eigenvalue weighted by atomic mass is 9.62. The number of benzene rings is 3. The average molecular weight is 661 g/mol. The summed E-state index contributed by atoms with van der Waals surface area (Å²) in [5, 5.41) is 25.8. The Hall–Kier alpha value is -3.75. The van der Waals surface area contributed by atoms with Gasteiger partial charge in [-0.05, 0) is 53.8 Å². The number of carbonyl (C=O) groups excluding carboxylic acids is 2. The van der Waals surface area contributed by atoms with E-state index in [1.807, 2.05) is 20.8 Å². The molecule has 0 saturated carbocycles. The van der Waals surface area contributed by atoms with Crippen molar-refractivity contribution in [1.29, 1.82) is 5.26 Å². The molecule has 0 spiro atoms. The van der Waals surface area contributed by atoms with Crippen LogP contribution in [-0.2, 0) is 14.9 Å². The highest BCUT2D eigenvalue weighted by Crippen LogP contribution is 2.53. The van der Waals surface area contributed by atoms with Gasteiger partial charge in [-0.15, -0.1) is 0 Å². The lowest BCUT2D eigenvalue weighted by molar-refractivity contribution is -0.118. The zero-order valence-corrected chi connectivity index (χ0v) is 26.6. The molecule has 0 radical (unpaired) electrons. The van der Waals surface area contributed by atoms with Crippen LogP contribution in [0.3, 0.4) is 0 Å². The number of ether oxygens (including phenoxy) is 2. The predicted molar refractivity (Wildman–Crippen MR) is 167 cm³/mol. The number of rotatable bonds is 9. The molecule has 0 aromatic heterocycles. The van der Waals surface area contributed by atoms with Crippen molar-refractivity contribution in [1.82, 2.24) is 5.32 Å². The summed E-state index contributed by atoms with van der Waals surface area (Å²) >= 11 is 12.3. The van der Waals surface area contributed by atoms with Crippen LogP contribution in [0.1, 0.15) is 54.6 Å². The molecule has 0 unspecified atom stereocenters. The Bertz CT molecular complexity index is 1640. The minimum Gasteiger partial charge on any atom is -0.495 e. The van der Waals surface area contributed by atoms with Crippen LogP contribution < -0.4 is 15.4 Å². The van der Waals surface area contributed by atoms with E-state index in [0.29, 0.717) is 6.42 Å². The Morgan fingerprint density at radius 1 is 1.13 bits per heavy atom. The molecule has 238 valence electrons. The second-order valence-electron chi connectivity index (χ2n) is 12.0. The van der Waals surface area contributed by atoms with Gasteiger partial charge in [-0.3, -0.25) is 4.79 Å². The standard InChI is InChI=1S/C33H33Cl2F2N3O5/c1-32(2,3)16-26-33(17-38,21-10-9-19(34)15-23(21)36)27(20-6-5-7-22(35)28(20)37)29(40-26)30(42)39-24-11-8-18(14-25(24)44-4)31(43)45-13-12-41/h5-11,14-15,26-27,29,40-41H,12-13,16H2,1-4H3,(H,39,42)/t26-,27-,29+,33-/m0/s1. The quantitative estimate of drug-likeness (QED) is 0.228. The maximum absolute atomic E-state index is 15.9. The highest BCUT2D eigenvalue weighted by atomic mass is 35.5. The van der Waals surface area contributed by atoms with E-state index in [-0.39, 0.29) is 51.4 Å². The predicted octanol–water partition coefficient (Wildman–Crippen LogP) is 6.39. The molecule has 1 fully saturated rings. The van der Waals surface area contributed by atoms with Gasteiger partial charge in [0.15, 0.2) is 0 Å². The highest BCUT2D eigenvalue weighted by molar-refractivity contribution is 6.31. The van der Waals surface area contributed by atoms with Crippen molar-refractivity contribution >= 4 is 40.8 Å². The van der Waals surface area contributed by atoms with Crippen LogP contribution in [0, 0.1) is 28.4 Å². The van der Waals surface area contributed by atoms with Crippen molar-refractivity contribution in [3.8, 4) is 11.8 Å². The van der Waals surface area contributed by atoms with Crippen LogP contribution in [0.5, 0.6) is 5.75 Å². The third kappa shape index (κ3) is 6.92. The molecule has 3 N–H and O–H groups in total. The first-order valence-corrected chi connectivity index (χ1v) is 14.9. The fourth-order valence-corrected chi connectivity index (χ4v) is 6.25. The molecule has 8 nitrogen and oxygen atoms in total. The maximum Gasteiger partial charge on any atom is 0.338 e. The van der Waals surface area contributed by atoms with E-state index in [1.165, 1.54) is 55.6 Å². The molecule has 3 aromatic carbocycles. The van der Waals surface area contributed by atoms with E-state index in [1.54, 1.807) is 0 Å². The maximum atomic E-state index is 15.9. The number of halogens is 4. The highest BCUT2D eigenvalue weighted by Gasteiger charge is 2.61. The van der Waals surface area contributed by atoms with Crippen LogP contribution in [0.15, 0.2) is 54.6 Å². The van der Waals surface area contributed by atoms with Crippen LogP contribution in [0.4, 0.5) is 14.5 Å². The van der Waals surface area contributed by atoms with Crippen molar-refractivity contribution < 1.29 is 33.0 Å². The Morgan fingerprint density at radius 3 is 2.49 bits per heavy atom. The van der Waals surface area contributed by atoms with Gasteiger partial charge >= 0.3 is 5.97 Å². The summed E-state index contributed by atoms with van der Waals surface area (Å²) in [6.45, 7) is 5.28. The normalized spacial score (nSPS) is 21.2. The second kappa shape index (κ2) is 13.7. The number of nitrogens with zero attached hydrogens (tertiary/aromatic N) is 1. The third-order valence-electron chi connectivity index (χ3n) is 7.75. The molecule has 4 atom stereocenters. The second-order valence-corrected chi connectivity index (χ2v) is 12.8. The number of anilines is 1. The summed E-state index contributed by atoms with van der Waals surface area (Å²) < 4.78 is 42.0. The van der Waals surface area contributed by atoms with Gasteiger partial charge in [-0.2, -0.15) is 5.26 Å². The number of hydrogen-bond donors (Lipinski definition) is 3. The third-order valence-corrected chi connectivity index (χ3v) is 8.28. The van der Waals surface area contributed by atoms with E-state index >= 15 is 8.78 Å². The average Bonchev–Trinajstić information content (AvgIpc) is 3.30. The summed E-state index contributed by atoms with van der Waals surface area (Å²) in [6, 6.07) is 12.6. The van der Waals surface area contributed by atoms with Crippen molar-refractivity contribution in [2.24, 2.45) is 5.41 Å². The molecule has 1 saturated heterocycles. The molecule has 3 aromatic rings. The lowest BCUT2D eigenvalue weighted by Gasteiger charge is -2.37. The van der Waals surface area contributed by atoms with E-state index in [9.17, 15) is 14.9 Å². The molecule has 1 aliphatic heterocycles. The van der Waals surface area contributed by atoms with Gasteiger partial charge in [0.1, 0.15) is 29.4 Å². The Labute approximate surface area is 270 Å². The molecule has 45 heavy (non-hydrogen) atoms. The van der Waals surface area contributed by atoms with Gasteiger partial charge in [-0.25, -0.2) is 13.6 Å². The van der Waals surface area contributed by atoms with Crippen molar-refractivity contribution in [3.63, 3.8) is 0 Å². The van der Waals surface area contributed by atoms with Gasteiger partial charge in [0.25, 0.3) is 0 Å². The topological polar surface area (TPSA) is 121 Å². The molecular formula is C33H33Cl2F2N3O5. The molecule has 0 bridgehead atoms. The molecule has 4 rings (SSSR count). The van der Waals surface area contributed by atoms with Gasteiger partial charge in [0.05, 0.1) is 42.1 Å². The van der Waals surface area contributed by atoms with E-state index in [2.05, 4.69) is 16.7 Å². The number of carbonyl (C=O) groups is 2. The molecule has 1 heterocycles. The molecule has 1 aliphatic rings. The van der Waals surface area contributed by atoms with Gasteiger partial charge < -0.3 is 25.2 Å². The number of esters is 1. The number of aliphatic hydroxyl groups is 1. The molecule has 1 amide bonds. The minimum absolute atomic E-state index is 0.0425. The Kier molecular flexibility index (Phi) is 10.4. The van der Waals surface area contributed by atoms with Gasteiger partial charge in [0.2, 0.25) is 5.91 Å². The summed E-state index contributed by atoms with van der Waals surface area (Å²) in [6.07, 6.45) is 0.305. The largest absolute Gasteiger partial charge is 0.495 e. The monoisotopic (exact) mass is 659 g/mol. The van der Waals surface area contributed by atoms with Gasteiger partial charge in [0, 0.05) is 22.5 Å². The van der Waals surface area contributed by atoms with Crippen molar-refractivity contribution in [2.75, 3.05) is 25.6 Å². The smallest absolute Gasteiger partial charge is 0.338 e. The van der Waals surface area contributed by atoms with E-state index in [4.69, 9.17) is 37.8 Å². The Balaban J connectivity index is 1.88. The number of methoxy groups -OCH3 is 1. The summed E-state index contributed by atoms with van der Waals surface area (Å²) in [5.74, 6) is -4.13. The first-order valence-electron chi connectivity index (χ1n) is 14.1.